The van der Waals surface area contributed by atoms with Gasteiger partial charge in [0.15, 0.2) is 0 Å². The smallest absolute Gasteiger partial charge is 0.199 e. The third-order valence-corrected chi connectivity index (χ3v) is 7.73. The van der Waals surface area contributed by atoms with Crippen molar-refractivity contribution in [3.05, 3.63) is 0 Å². The molecule has 38 heteroatoms. The van der Waals surface area contributed by atoms with Gasteiger partial charge in [0.1, 0.15) is 0 Å². The molecular weight excluding hydrogens is 986 g/mol. The summed E-state index contributed by atoms with van der Waals surface area (Å²) >= 11 is 0. The van der Waals surface area contributed by atoms with Crippen molar-refractivity contribution < 1.29 is 167 Å². The molecule has 0 aromatic rings. The summed E-state index contributed by atoms with van der Waals surface area (Å²) in [6.45, 7) is -0.309. The molecule has 0 bridgehead atoms. The molecule has 362 valence electrons. The van der Waals surface area contributed by atoms with Crippen molar-refractivity contribution in [1.29, 1.82) is 0 Å². The first-order valence-electron chi connectivity index (χ1n) is 13.4. The first kappa shape index (κ1) is 57.3. The molecule has 0 fully saturated rings. The van der Waals surface area contributed by atoms with Gasteiger partial charge in [0.2, 0.25) is 0 Å². The lowest BCUT2D eigenvalue weighted by Gasteiger charge is -2.47. The van der Waals surface area contributed by atoms with Gasteiger partial charge in [-0.1, -0.05) is 13.3 Å². The van der Waals surface area contributed by atoms with Gasteiger partial charge in [0.25, 0.3) is 0 Å². The predicted octanol–water partition coefficient (Wildman–Crippen LogP) is 13.7. The van der Waals surface area contributed by atoms with Crippen molar-refractivity contribution in [1.82, 2.24) is 0 Å². The highest BCUT2D eigenvalue weighted by molar-refractivity contribution is 5.21. The first-order chi connectivity index (χ1) is 25.2. The van der Waals surface area contributed by atoms with Crippen molar-refractivity contribution in [3.8, 4) is 0 Å². The van der Waals surface area contributed by atoms with Gasteiger partial charge in [0, 0.05) is 0 Å². The van der Waals surface area contributed by atoms with E-state index in [0.717, 1.165) is 0 Å². The van der Waals surface area contributed by atoms with E-state index in [2.05, 4.69) is 0 Å². The Bertz CT molecular complexity index is 1520. The molecule has 0 nitrogen and oxygen atoms in total. The summed E-state index contributed by atoms with van der Waals surface area (Å²) in [5, 5.41) is 0. The van der Waals surface area contributed by atoms with E-state index in [9.17, 15) is 167 Å². The van der Waals surface area contributed by atoms with E-state index in [4.69, 9.17) is 0 Å². The molecule has 0 amide bonds. The van der Waals surface area contributed by atoms with Gasteiger partial charge in [-0.05, 0) is 6.42 Å². The Morgan fingerprint density at radius 2 is 0.350 bits per heavy atom. The highest BCUT2D eigenvalue weighted by Gasteiger charge is 3.00. The van der Waals surface area contributed by atoms with E-state index in [1.165, 1.54) is 0 Å². The van der Waals surface area contributed by atoms with E-state index in [-0.39, 0.29) is 6.92 Å². The lowest BCUT2D eigenvalue weighted by molar-refractivity contribution is -0.480. The topological polar surface area (TPSA) is 0 Å². The second-order valence-electron chi connectivity index (χ2n) is 11.6. The first-order valence-corrected chi connectivity index (χ1v) is 13.4. The Labute approximate surface area is 301 Å². The lowest BCUT2D eigenvalue weighted by atomic mass is 9.77. The molecule has 0 saturated heterocycles. The summed E-state index contributed by atoms with van der Waals surface area (Å²) in [4.78, 5) is 0. The molecule has 0 radical (unpaired) electrons. The minimum absolute atomic E-state index is 0.309. The van der Waals surface area contributed by atoms with Crippen molar-refractivity contribution in [2.45, 2.75) is 127 Å². The van der Waals surface area contributed by atoms with Gasteiger partial charge in [-0.2, -0.15) is 167 Å². The van der Waals surface area contributed by atoms with Crippen molar-refractivity contribution >= 4 is 0 Å². The van der Waals surface area contributed by atoms with Gasteiger partial charge in [0.05, 0.1) is 5.92 Å². The van der Waals surface area contributed by atoms with Crippen molar-refractivity contribution in [2.24, 2.45) is 5.92 Å². The maximum absolute atomic E-state index is 14.7. The Morgan fingerprint density at radius 3 is 0.483 bits per heavy atom. The summed E-state index contributed by atoms with van der Waals surface area (Å²) < 4.78 is 516. The SMILES string of the molecule is CCCC(C(F)(F)C(F)(F)C(F)(F)C(F)(F)C(F)(F)C(F)(F)C(F)(F)C(F)(F)F)C(F)(F)C(F)(F)C(F)(F)C(F)(F)C(F)(F)C(F)(F)C(F)(F)C(F)(F)C(F)(F)C(F)(F)F. The zero-order valence-corrected chi connectivity index (χ0v) is 26.4. The average molecular weight is 994 g/mol. The van der Waals surface area contributed by atoms with E-state index >= 15 is 0 Å². The third kappa shape index (κ3) is 6.69. The third-order valence-electron chi connectivity index (χ3n) is 7.73. The molecule has 60 heavy (non-hydrogen) atoms. The molecular formula is C22H8F38. The van der Waals surface area contributed by atoms with Crippen LogP contribution in [0, 0.1) is 5.92 Å². The number of alkyl halides is 38. The molecule has 0 aliphatic heterocycles. The van der Waals surface area contributed by atoms with Gasteiger partial charge >= 0.3 is 107 Å². The molecule has 0 aromatic heterocycles. The Kier molecular flexibility index (Phi) is 13.5. The number of hydrogen-bond donors (Lipinski definition) is 0. The highest BCUT2D eigenvalue weighted by Crippen LogP contribution is 2.70. The van der Waals surface area contributed by atoms with Crippen LogP contribution in [0.3, 0.4) is 0 Å². The highest BCUT2D eigenvalue weighted by atomic mass is 19.4. The fourth-order valence-electron chi connectivity index (χ4n) is 4.06. The van der Waals surface area contributed by atoms with Crippen LogP contribution in [0.2, 0.25) is 0 Å². The minimum atomic E-state index is -10.1. The van der Waals surface area contributed by atoms with Gasteiger partial charge < -0.3 is 0 Å². The zero-order chi connectivity index (χ0) is 50.0. The standard InChI is InChI=1S/C22H8F38/c1-2-3-4(6(25,26)8(29,30)10(33,34)12(37,38)15(43,44)17(47,48)19(51,52)21(55,56)57)5(23,24)7(27,28)9(31,32)11(35,36)13(39,40)14(41,42)16(45,46)18(49,50)20(53,54)22(58,59)60/h4H,2-3H2,1H3. The van der Waals surface area contributed by atoms with E-state index in [1.54, 1.807) is 0 Å². The minimum Gasteiger partial charge on any atom is -0.199 e. The van der Waals surface area contributed by atoms with E-state index < -0.39 is 126 Å². The van der Waals surface area contributed by atoms with Crippen LogP contribution in [0.25, 0.3) is 0 Å². The predicted molar refractivity (Wildman–Crippen MR) is 110 cm³/mol. The molecule has 0 saturated carbocycles. The largest absolute Gasteiger partial charge is 0.460 e. The Morgan fingerprint density at radius 1 is 0.217 bits per heavy atom. The molecule has 0 spiro atoms. The molecule has 0 aliphatic carbocycles. The lowest BCUT2D eigenvalue weighted by Crippen LogP contribution is -2.78. The van der Waals surface area contributed by atoms with Gasteiger partial charge in [-0.15, -0.1) is 0 Å². The maximum Gasteiger partial charge on any atom is 0.460 e. The van der Waals surface area contributed by atoms with Crippen LogP contribution >= 0.6 is 0 Å². The zero-order valence-electron chi connectivity index (χ0n) is 26.4. The van der Waals surface area contributed by atoms with Crippen LogP contribution in [-0.4, -0.2) is 107 Å². The fourth-order valence-corrected chi connectivity index (χ4v) is 4.06. The normalized spacial score (nSPS) is 17.6. The van der Waals surface area contributed by atoms with Crippen molar-refractivity contribution in [2.75, 3.05) is 0 Å². The second kappa shape index (κ2) is 14.2. The fraction of sp³-hybridized carbons (Fsp3) is 1.00. The summed E-state index contributed by atoms with van der Waals surface area (Å²) in [6.07, 6.45) is -22.9. The molecule has 1 unspecified atom stereocenters. The number of rotatable bonds is 18. The van der Waals surface area contributed by atoms with Crippen LogP contribution in [-0.2, 0) is 0 Å². The summed E-state index contributed by atoms with van der Waals surface area (Å²) in [6, 6.07) is 0. The Balaban J connectivity index is 8.00. The van der Waals surface area contributed by atoms with Crippen LogP contribution in [0.15, 0.2) is 0 Å². The van der Waals surface area contributed by atoms with Crippen LogP contribution < -0.4 is 0 Å². The van der Waals surface area contributed by atoms with Crippen LogP contribution in [0.1, 0.15) is 19.8 Å². The van der Waals surface area contributed by atoms with Gasteiger partial charge in [-0.25, -0.2) is 0 Å². The number of halogens is 38. The summed E-state index contributed by atoms with van der Waals surface area (Å²) in [7, 11) is 0. The van der Waals surface area contributed by atoms with Gasteiger partial charge in [-0.3, -0.25) is 0 Å². The molecule has 0 N–H and O–H groups in total. The van der Waals surface area contributed by atoms with Crippen LogP contribution in [0.5, 0.6) is 0 Å². The van der Waals surface area contributed by atoms with Crippen molar-refractivity contribution in [3.63, 3.8) is 0 Å². The maximum atomic E-state index is 14.7. The summed E-state index contributed by atoms with van der Waals surface area (Å²) in [5.74, 6) is -160. The second-order valence-corrected chi connectivity index (χ2v) is 11.6. The summed E-state index contributed by atoms with van der Waals surface area (Å²) in [5.41, 5.74) is 0. The molecule has 0 aromatic carbocycles. The molecule has 1 atom stereocenters. The molecule has 0 rings (SSSR count). The van der Waals surface area contributed by atoms with E-state index in [0.29, 0.717) is 0 Å². The average Bonchev–Trinajstić information content (AvgIpc) is 3.00. The molecule has 0 heterocycles. The monoisotopic (exact) mass is 994 g/mol. The molecule has 0 aliphatic rings. The Hall–Kier alpha value is -2.66. The van der Waals surface area contributed by atoms with Crippen LogP contribution in [0.4, 0.5) is 167 Å². The number of hydrogen-bond acceptors (Lipinski definition) is 0. The van der Waals surface area contributed by atoms with E-state index in [1.807, 2.05) is 0 Å². The quantitative estimate of drug-likeness (QED) is 0.120.